The summed E-state index contributed by atoms with van der Waals surface area (Å²) in [5.41, 5.74) is 3.08. The van der Waals surface area contributed by atoms with Crippen molar-refractivity contribution < 1.29 is 13.2 Å². The Morgan fingerprint density at radius 2 is 1.39 bits per heavy atom. The Bertz CT molecular complexity index is 582. The number of nitrogens with zero attached hydrogens (tertiary/aromatic N) is 2. The van der Waals surface area contributed by atoms with Gasteiger partial charge < -0.3 is 4.90 Å². The number of anilines is 1. The highest BCUT2D eigenvalue weighted by molar-refractivity contribution is 5.98. The fourth-order valence-electron chi connectivity index (χ4n) is 3.56. The molecule has 1 aliphatic rings. The average Bonchev–Trinajstić information content (AvgIpc) is 3.14. The number of hydrazone groups is 1. The van der Waals surface area contributed by atoms with Gasteiger partial charge in [0.05, 0.1) is 5.56 Å². The first kappa shape index (κ1) is 22.6. The molecule has 1 aromatic carbocycles. The van der Waals surface area contributed by atoms with Crippen LogP contribution in [0.25, 0.3) is 0 Å². The van der Waals surface area contributed by atoms with Gasteiger partial charge in [-0.1, -0.05) is 71.1 Å². The van der Waals surface area contributed by atoms with Crippen LogP contribution in [0.4, 0.5) is 18.9 Å². The lowest BCUT2D eigenvalue weighted by atomic mass is 10.0. The lowest BCUT2D eigenvalue weighted by molar-refractivity contribution is -0.137. The smallest absolute Gasteiger partial charge is 0.309 e. The van der Waals surface area contributed by atoms with Crippen molar-refractivity contribution in [2.45, 2.75) is 90.1 Å². The second-order valence-corrected chi connectivity index (χ2v) is 7.60. The molecule has 0 saturated carbocycles. The fourth-order valence-corrected chi connectivity index (χ4v) is 3.56. The summed E-state index contributed by atoms with van der Waals surface area (Å²) in [5.74, 6) is 0.913. The van der Waals surface area contributed by atoms with Crippen molar-refractivity contribution in [3.8, 4) is 0 Å². The number of halogens is 3. The molecule has 28 heavy (non-hydrogen) atoms. The van der Waals surface area contributed by atoms with Gasteiger partial charge in [0.15, 0.2) is 0 Å². The van der Waals surface area contributed by atoms with Gasteiger partial charge in [-0.2, -0.15) is 18.3 Å². The maximum absolute atomic E-state index is 12.7. The van der Waals surface area contributed by atoms with Gasteiger partial charge in [0.1, 0.15) is 12.5 Å². The zero-order valence-electron chi connectivity index (χ0n) is 17.0. The summed E-state index contributed by atoms with van der Waals surface area (Å²) in [6.45, 7) is 2.76. The first-order valence-electron chi connectivity index (χ1n) is 10.8. The molecule has 0 spiro atoms. The number of unbranched alkanes of at least 4 members (excludes halogenated alkanes) is 10. The molecule has 0 unspecified atom stereocenters. The molecule has 0 aromatic heterocycles. The Kier molecular flexibility index (Phi) is 9.65. The number of nitrogens with one attached hydrogen (secondary N) is 1. The number of hydrogen-bond acceptors (Lipinski definition) is 3. The third kappa shape index (κ3) is 7.72. The molecule has 1 heterocycles. The minimum Gasteiger partial charge on any atom is -0.309 e. The van der Waals surface area contributed by atoms with Gasteiger partial charge in [0.25, 0.3) is 0 Å². The largest absolute Gasteiger partial charge is 0.416 e. The monoisotopic (exact) mass is 397 g/mol. The summed E-state index contributed by atoms with van der Waals surface area (Å²) in [6.07, 6.45) is 10.8. The maximum Gasteiger partial charge on any atom is 0.416 e. The van der Waals surface area contributed by atoms with Crippen LogP contribution in [0.3, 0.4) is 0 Å². The lowest BCUT2D eigenvalue weighted by Gasteiger charge is -2.20. The molecule has 0 amide bonds. The highest BCUT2D eigenvalue weighted by atomic mass is 19.4. The topological polar surface area (TPSA) is 27.6 Å². The van der Waals surface area contributed by atoms with Gasteiger partial charge in [-0.25, -0.2) is 0 Å². The number of hydrogen-bond donors (Lipinski definition) is 1. The van der Waals surface area contributed by atoms with E-state index in [4.69, 9.17) is 0 Å². The molecule has 0 aliphatic carbocycles. The SMILES string of the molecule is CCCCCCCCCCCCCC1=NNCN1c1ccc(C(F)(F)F)cc1. The van der Waals surface area contributed by atoms with E-state index in [0.717, 1.165) is 36.5 Å². The van der Waals surface area contributed by atoms with Crippen LogP contribution in [0.5, 0.6) is 0 Å². The molecule has 0 atom stereocenters. The molecule has 1 N–H and O–H groups in total. The van der Waals surface area contributed by atoms with Crippen molar-refractivity contribution in [2.75, 3.05) is 11.6 Å². The highest BCUT2D eigenvalue weighted by Crippen LogP contribution is 2.31. The Morgan fingerprint density at radius 1 is 0.857 bits per heavy atom. The normalized spacial score (nSPS) is 14.3. The van der Waals surface area contributed by atoms with E-state index in [0.29, 0.717) is 6.67 Å². The Morgan fingerprint density at radius 3 is 1.93 bits per heavy atom. The van der Waals surface area contributed by atoms with Crippen LogP contribution in [0.1, 0.15) is 89.5 Å². The second-order valence-electron chi connectivity index (χ2n) is 7.60. The van der Waals surface area contributed by atoms with Gasteiger partial charge in [0, 0.05) is 12.1 Å². The van der Waals surface area contributed by atoms with E-state index in [2.05, 4.69) is 17.5 Å². The van der Waals surface area contributed by atoms with Crippen LogP contribution in [0.2, 0.25) is 0 Å². The first-order chi connectivity index (χ1) is 13.5. The molecule has 6 heteroatoms. The van der Waals surface area contributed by atoms with Crippen LogP contribution in [-0.4, -0.2) is 12.5 Å². The van der Waals surface area contributed by atoms with E-state index in [1.54, 1.807) is 0 Å². The third-order valence-corrected chi connectivity index (χ3v) is 5.26. The second kappa shape index (κ2) is 12.0. The fraction of sp³-hybridized carbons (Fsp3) is 0.682. The standard InChI is InChI=1S/C22H34F3N3/c1-2-3-4-5-6-7-8-9-10-11-12-13-21-27-26-18-28(21)20-16-14-19(15-17-20)22(23,24)25/h14-17,26H,2-13,18H2,1H3. The van der Waals surface area contributed by atoms with Crippen LogP contribution in [-0.2, 0) is 6.18 Å². The van der Waals surface area contributed by atoms with E-state index in [1.807, 2.05) is 4.90 Å². The lowest BCUT2D eigenvalue weighted by Crippen LogP contribution is -2.29. The summed E-state index contributed by atoms with van der Waals surface area (Å²) in [7, 11) is 0. The summed E-state index contributed by atoms with van der Waals surface area (Å²) in [6, 6.07) is 5.30. The van der Waals surface area contributed by atoms with Crippen molar-refractivity contribution in [3.63, 3.8) is 0 Å². The number of alkyl halides is 3. The summed E-state index contributed by atoms with van der Waals surface area (Å²) in [4.78, 5) is 1.95. The number of amidine groups is 1. The summed E-state index contributed by atoms with van der Waals surface area (Å²) >= 11 is 0. The van der Waals surface area contributed by atoms with Gasteiger partial charge in [-0.3, -0.25) is 5.43 Å². The van der Waals surface area contributed by atoms with E-state index < -0.39 is 11.7 Å². The van der Waals surface area contributed by atoms with E-state index in [9.17, 15) is 13.2 Å². The van der Waals surface area contributed by atoms with Gasteiger partial charge in [-0.05, 0) is 30.7 Å². The quantitative estimate of drug-likeness (QED) is 0.360. The molecule has 3 nitrogen and oxygen atoms in total. The highest BCUT2D eigenvalue weighted by Gasteiger charge is 2.30. The average molecular weight is 398 g/mol. The van der Waals surface area contributed by atoms with E-state index >= 15 is 0 Å². The van der Waals surface area contributed by atoms with Crippen LogP contribution in [0, 0.1) is 0 Å². The third-order valence-electron chi connectivity index (χ3n) is 5.26. The van der Waals surface area contributed by atoms with Crippen LogP contribution < -0.4 is 10.3 Å². The van der Waals surface area contributed by atoms with E-state index in [1.165, 1.54) is 76.3 Å². The number of benzene rings is 1. The summed E-state index contributed by atoms with van der Waals surface area (Å²) in [5, 5.41) is 4.32. The minimum absolute atomic E-state index is 0.513. The minimum atomic E-state index is -4.30. The van der Waals surface area contributed by atoms with Crippen molar-refractivity contribution in [3.05, 3.63) is 29.8 Å². The van der Waals surface area contributed by atoms with Gasteiger partial charge >= 0.3 is 6.18 Å². The molecule has 0 fully saturated rings. The summed E-state index contributed by atoms with van der Waals surface area (Å²) < 4.78 is 38.1. The predicted molar refractivity (Wildman–Crippen MR) is 110 cm³/mol. The molecule has 1 aliphatic heterocycles. The van der Waals surface area contributed by atoms with Crippen molar-refractivity contribution in [2.24, 2.45) is 5.10 Å². The Balaban J connectivity index is 1.61. The predicted octanol–water partition coefficient (Wildman–Crippen LogP) is 7.09. The molecule has 158 valence electrons. The van der Waals surface area contributed by atoms with Gasteiger partial charge in [0.2, 0.25) is 0 Å². The first-order valence-corrected chi connectivity index (χ1v) is 10.8. The zero-order valence-corrected chi connectivity index (χ0v) is 17.0. The molecule has 0 radical (unpaired) electrons. The van der Waals surface area contributed by atoms with Gasteiger partial charge in [-0.15, -0.1) is 0 Å². The molecule has 1 aromatic rings. The van der Waals surface area contributed by atoms with Crippen molar-refractivity contribution in [1.29, 1.82) is 0 Å². The maximum atomic E-state index is 12.7. The van der Waals surface area contributed by atoms with Crippen molar-refractivity contribution >= 4 is 11.5 Å². The Hall–Kier alpha value is -1.72. The molecule has 2 rings (SSSR count). The number of rotatable bonds is 13. The molecular weight excluding hydrogens is 363 g/mol. The zero-order chi connectivity index (χ0) is 20.2. The molecular formula is C22H34F3N3. The Labute approximate surface area is 167 Å². The van der Waals surface area contributed by atoms with Crippen molar-refractivity contribution in [1.82, 2.24) is 5.43 Å². The van der Waals surface area contributed by atoms with Crippen LogP contribution in [0.15, 0.2) is 29.4 Å². The molecule has 0 bridgehead atoms. The van der Waals surface area contributed by atoms with E-state index in [-0.39, 0.29) is 0 Å². The molecule has 0 saturated heterocycles. The van der Waals surface area contributed by atoms with Crippen LogP contribution >= 0.6 is 0 Å².